The molecule has 0 saturated heterocycles. The first kappa shape index (κ1) is 13.6. The molecule has 1 aromatic rings. The third-order valence-electron chi connectivity index (χ3n) is 3.79. The number of nitrogens with one attached hydrogen (secondary N) is 1. The maximum absolute atomic E-state index is 9.62. The molecule has 102 valence electrons. The third kappa shape index (κ3) is 3.33. The Hall–Kier alpha value is -0.870. The van der Waals surface area contributed by atoms with Gasteiger partial charge in [-0.25, -0.2) is 4.98 Å². The molecule has 0 bridgehead atoms. The van der Waals surface area contributed by atoms with E-state index < -0.39 is 0 Å². The molecule has 0 aliphatic heterocycles. The Morgan fingerprint density at radius 1 is 1.44 bits per heavy atom. The molecule has 4 heteroatoms. The average Bonchev–Trinajstić information content (AvgIpc) is 2.86. The number of rotatable bonds is 6. The molecule has 0 aromatic carbocycles. The lowest BCUT2D eigenvalue weighted by Gasteiger charge is -2.28. The summed E-state index contributed by atoms with van der Waals surface area (Å²) in [6.07, 6.45) is 11.3. The molecule has 1 atom stereocenters. The number of nitrogens with zero attached hydrogens (tertiary/aromatic N) is 2. The molecule has 1 saturated carbocycles. The average molecular weight is 251 g/mol. The molecular formula is C14H25N3O. The predicted molar refractivity (Wildman–Crippen MR) is 72.4 cm³/mol. The van der Waals surface area contributed by atoms with E-state index in [1.165, 1.54) is 32.1 Å². The molecule has 0 amide bonds. The Morgan fingerprint density at radius 3 is 2.89 bits per heavy atom. The number of aromatic nitrogens is 2. The van der Waals surface area contributed by atoms with Crippen molar-refractivity contribution in [1.29, 1.82) is 0 Å². The van der Waals surface area contributed by atoms with Crippen LogP contribution in [0.1, 0.15) is 57.2 Å². The number of hydrogen-bond donors (Lipinski definition) is 2. The Labute approximate surface area is 109 Å². The van der Waals surface area contributed by atoms with Crippen molar-refractivity contribution in [3.63, 3.8) is 0 Å². The van der Waals surface area contributed by atoms with E-state index in [4.69, 9.17) is 0 Å². The maximum Gasteiger partial charge on any atom is 0.0948 e. The minimum Gasteiger partial charge on any atom is -0.394 e. The number of aliphatic hydroxyl groups is 1. The predicted octanol–water partition coefficient (Wildman–Crippen LogP) is 2.25. The standard InChI is InChI=1S/C14H25N3O/c1-2-8-17-11-15-9-14(17)13(10-18)16-12-6-4-3-5-7-12/h9,11-13,16,18H,2-8,10H2,1H3. The van der Waals surface area contributed by atoms with Gasteiger partial charge in [0.2, 0.25) is 0 Å². The summed E-state index contributed by atoms with van der Waals surface area (Å²) in [6.45, 7) is 3.27. The zero-order valence-corrected chi connectivity index (χ0v) is 11.3. The molecule has 1 unspecified atom stereocenters. The fourth-order valence-corrected chi connectivity index (χ4v) is 2.83. The van der Waals surface area contributed by atoms with Crippen LogP contribution in [0.15, 0.2) is 12.5 Å². The second-order valence-electron chi connectivity index (χ2n) is 5.25. The van der Waals surface area contributed by atoms with E-state index in [9.17, 15) is 5.11 Å². The van der Waals surface area contributed by atoms with E-state index in [1.807, 2.05) is 12.5 Å². The molecule has 1 aliphatic carbocycles. The van der Waals surface area contributed by atoms with Crippen LogP contribution >= 0.6 is 0 Å². The highest BCUT2D eigenvalue weighted by Crippen LogP contribution is 2.21. The first-order chi connectivity index (χ1) is 8.85. The van der Waals surface area contributed by atoms with Crippen molar-refractivity contribution in [2.24, 2.45) is 0 Å². The Bertz CT molecular complexity index is 345. The van der Waals surface area contributed by atoms with Gasteiger partial charge in [0.25, 0.3) is 0 Å². The van der Waals surface area contributed by atoms with Crippen molar-refractivity contribution in [3.05, 3.63) is 18.2 Å². The first-order valence-electron chi connectivity index (χ1n) is 7.22. The van der Waals surface area contributed by atoms with Gasteiger partial charge in [-0.05, 0) is 19.3 Å². The molecule has 2 N–H and O–H groups in total. The Morgan fingerprint density at radius 2 is 2.22 bits per heavy atom. The van der Waals surface area contributed by atoms with Gasteiger partial charge < -0.3 is 15.0 Å². The smallest absolute Gasteiger partial charge is 0.0948 e. The summed E-state index contributed by atoms with van der Waals surface area (Å²) in [5.41, 5.74) is 1.12. The van der Waals surface area contributed by atoms with E-state index >= 15 is 0 Å². The quantitative estimate of drug-likeness (QED) is 0.815. The number of aliphatic hydroxyl groups excluding tert-OH is 1. The summed E-state index contributed by atoms with van der Waals surface area (Å²) >= 11 is 0. The largest absolute Gasteiger partial charge is 0.394 e. The van der Waals surface area contributed by atoms with Gasteiger partial charge >= 0.3 is 0 Å². The van der Waals surface area contributed by atoms with Gasteiger partial charge in [0.15, 0.2) is 0 Å². The second-order valence-corrected chi connectivity index (χ2v) is 5.25. The van der Waals surface area contributed by atoms with Gasteiger partial charge in [-0.15, -0.1) is 0 Å². The lowest BCUT2D eigenvalue weighted by molar-refractivity contribution is 0.214. The molecule has 18 heavy (non-hydrogen) atoms. The fourth-order valence-electron chi connectivity index (χ4n) is 2.83. The summed E-state index contributed by atoms with van der Waals surface area (Å²) in [4.78, 5) is 4.21. The van der Waals surface area contributed by atoms with Crippen LogP contribution in [-0.4, -0.2) is 27.3 Å². The molecule has 2 rings (SSSR count). The van der Waals surface area contributed by atoms with Crippen LogP contribution in [0.2, 0.25) is 0 Å². The lowest BCUT2D eigenvalue weighted by Crippen LogP contribution is -2.37. The molecule has 4 nitrogen and oxygen atoms in total. The van der Waals surface area contributed by atoms with Gasteiger partial charge in [-0.2, -0.15) is 0 Å². The normalized spacial score (nSPS) is 19.0. The maximum atomic E-state index is 9.62. The highest BCUT2D eigenvalue weighted by atomic mass is 16.3. The van der Waals surface area contributed by atoms with Gasteiger partial charge in [-0.3, -0.25) is 0 Å². The van der Waals surface area contributed by atoms with Gasteiger partial charge in [0.1, 0.15) is 0 Å². The van der Waals surface area contributed by atoms with Crippen molar-refractivity contribution in [2.75, 3.05) is 6.61 Å². The molecule has 1 heterocycles. The minimum atomic E-state index is 0.0298. The summed E-state index contributed by atoms with van der Waals surface area (Å²) in [6, 6.07) is 0.586. The molecule has 0 spiro atoms. The zero-order valence-electron chi connectivity index (χ0n) is 11.3. The third-order valence-corrected chi connectivity index (χ3v) is 3.79. The van der Waals surface area contributed by atoms with Crippen molar-refractivity contribution < 1.29 is 5.11 Å². The Kier molecular flexibility index (Phi) is 5.20. The number of aryl methyl sites for hydroxylation is 1. The van der Waals surface area contributed by atoms with Gasteiger partial charge in [0.05, 0.1) is 24.7 Å². The van der Waals surface area contributed by atoms with Crippen LogP contribution in [0.25, 0.3) is 0 Å². The Balaban J connectivity index is 2.00. The fraction of sp³-hybridized carbons (Fsp3) is 0.786. The minimum absolute atomic E-state index is 0.0298. The zero-order chi connectivity index (χ0) is 12.8. The van der Waals surface area contributed by atoms with Crippen LogP contribution in [0.3, 0.4) is 0 Å². The molecule has 0 radical (unpaired) electrons. The summed E-state index contributed by atoms with van der Waals surface area (Å²) < 4.78 is 2.15. The van der Waals surface area contributed by atoms with Crippen molar-refractivity contribution >= 4 is 0 Å². The van der Waals surface area contributed by atoms with Crippen LogP contribution in [0, 0.1) is 0 Å². The van der Waals surface area contributed by atoms with E-state index in [0.29, 0.717) is 6.04 Å². The number of imidazole rings is 1. The van der Waals surface area contributed by atoms with E-state index in [1.54, 1.807) is 0 Å². The molecule has 1 fully saturated rings. The summed E-state index contributed by atoms with van der Waals surface area (Å²) in [7, 11) is 0. The molecule has 1 aromatic heterocycles. The lowest BCUT2D eigenvalue weighted by atomic mass is 9.94. The molecular weight excluding hydrogens is 226 g/mol. The second kappa shape index (κ2) is 6.90. The van der Waals surface area contributed by atoms with Gasteiger partial charge in [0, 0.05) is 18.8 Å². The first-order valence-corrected chi connectivity index (χ1v) is 7.22. The number of hydrogen-bond acceptors (Lipinski definition) is 3. The van der Waals surface area contributed by atoms with Crippen LogP contribution in [0.4, 0.5) is 0 Å². The molecule has 1 aliphatic rings. The van der Waals surface area contributed by atoms with Crippen molar-refractivity contribution in [2.45, 2.75) is 64.1 Å². The van der Waals surface area contributed by atoms with Crippen LogP contribution in [0.5, 0.6) is 0 Å². The highest BCUT2D eigenvalue weighted by molar-refractivity contribution is 5.06. The summed E-state index contributed by atoms with van der Waals surface area (Å²) in [5, 5.41) is 13.2. The van der Waals surface area contributed by atoms with Crippen LogP contribution in [-0.2, 0) is 6.54 Å². The van der Waals surface area contributed by atoms with E-state index in [2.05, 4.69) is 21.8 Å². The van der Waals surface area contributed by atoms with E-state index in [0.717, 1.165) is 18.7 Å². The SMILES string of the molecule is CCCn1cncc1C(CO)NC1CCCCC1. The topological polar surface area (TPSA) is 50.1 Å². The van der Waals surface area contributed by atoms with E-state index in [-0.39, 0.29) is 12.6 Å². The summed E-state index contributed by atoms with van der Waals surface area (Å²) in [5.74, 6) is 0. The highest BCUT2D eigenvalue weighted by Gasteiger charge is 2.20. The van der Waals surface area contributed by atoms with Crippen LogP contribution < -0.4 is 5.32 Å². The van der Waals surface area contributed by atoms with Crippen molar-refractivity contribution in [1.82, 2.24) is 14.9 Å². The van der Waals surface area contributed by atoms with Gasteiger partial charge in [-0.1, -0.05) is 26.2 Å². The monoisotopic (exact) mass is 251 g/mol. The van der Waals surface area contributed by atoms with Crippen molar-refractivity contribution in [3.8, 4) is 0 Å².